The maximum Gasteiger partial charge on any atom is 0.242 e. The summed E-state index contributed by atoms with van der Waals surface area (Å²) in [6.07, 6.45) is 0.592. The third kappa shape index (κ3) is 5.65. The molecule has 2 saturated heterocycles. The van der Waals surface area contributed by atoms with Crippen LogP contribution in [0.3, 0.4) is 0 Å². The van der Waals surface area contributed by atoms with Crippen molar-refractivity contribution in [3.05, 3.63) is 12.1 Å². The van der Waals surface area contributed by atoms with Crippen molar-refractivity contribution in [2.75, 3.05) is 57.7 Å². The number of aromatic nitrogens is 4. The van der Waals surface area contributed by atoms with Gasteiger partial charge in [-0.05, 0) is 35.5 Å². The SMILES string of the molecule is NS(=O)(=O)c1c(S(=O)(=O)N[C@@H]2CCNC2)ccc(NCCN2CCNCC2)c1-c1nnn[nH]1. The van der Waals surface area contributed by atoms with Gasteiger partial charge >= 0.3 is 0 Å². The minimum atomic E-state index is -4.48. The first-order valence-corrected chi connectivity index (χ1v) is 13.6. The molecule has 2 aliphatic rings. The van der Waals surface area contributed by atoms with Crippen LogP contribution in [0.1, 0.15) is 6.42 Å². The number of benzene rings is 1. The van der Waals surface area contributed by atoms with Gasteiger partial charge in [-0.2, -0.15) is 0 Å². The molecule has 0 amide bonds. The van der Waals surface area contributed by atoms with Crippen LogP contribution in [-0.4, -0.2) is 101 Å². The van der Waals surface area contributed by atoms with Gasteiger partial charge in [-0.25, -0.2) is 31.8 Å². The maximum atomic E-state index is 13.2. The summed E-state index contributed by atoms with van der Waals surface area (Å²) in [4.78, 5) is 1.25. The third-order valence-corrected chi connectivity index (χ3v) is 8.30. The maximum absolute atomic E-state index is 13.2. The van der Waals surface area contributed by atoms with E-state index in [2.05, 4.69) is 46.2 Å². The summed E-state index contributed by atoms with van der Waals surface area (Å²) in [6.45, 7) is 5.95. The number of tetrazole rings is 1. The summed E-state index contributed by atoms with van der Waals surface area (Å²) >= 11 is 0. The van der Waals surface area contributed by atoms with Crippen molar-refractivity contribution in [1.29, 1.82) is 0 Å². The number of piperazine rings is 1. The van der Waals surface area contributed by atoms with Crippen molar-refractivity contribution in [2.24, 2.45) is 5.14 Å². The molecular formula is C17H28N10O4S2. The van der Waals surface area contributed by atoms with Gasteiger partial charge in [0.25, 0.3) is 0 Å². The molecule has 0 aliphatic carbocycles. The van der Waals surface area contributed by atoms with E-state index in [9.17, 15) is 16.8 Å². The second-order valence-corrected chi connectivity index (χ2v) is 11.1. The highest BCUT2D eigenvalue weighted by Gasteiger charge is 2.33. The van der Waals surface area contributed by atoms with Crippen LogP contribution in [0.25, 0.3) is 11.4 Å². The number of rotatable bonds is 9. The van der Waals surface area contributed by atoms with E-state index in [0.29, 0.717) is 31.7 Å². The Morgan fingerprint density at radius 3 is 2.55 bits per heavy atom. The Balaban J connectivity index is 1.72. The highest BCUT2D eigenvalue weighted by atomic mass is 32.2. The Morgan fingerprint density at radius 1 is 1.12 bits per heavy atom. The van der Waals surface area contributed by atoms with Crippen LogP contribution in [0, 0.1) is 0 Å². The third-order valence-electron chi connectivity index (χ3n) is 5.61. The number of aromatic amines is 1. The van der Waals surface area contributed by atoms with Gasteiger partial charge in [0, 0.05) is 57.5 Å². The van der Waals surface area contributed by atoms with Crippen molar-refractivity contribution in [1.82, 2.24) is 40.9 Å². The van der Waals surface area contributed by atoms with Crippen molar-refractivity contribution in [3.63, 3.8) is 0 Å². The molecule has 16 heteroatoms. The van der Waals surface area contributed by atoms with Gasteiger partial charge < -0.3 is 16.0 Å². The van der Waals surface area contributed by atoms with Gasteiger partial charge in [0.15, 0.2) is 5.82 Å². The zero-order valence-corrected chi connectivity index (χ0v) is 19.5. The lowest BCUT2D eigenvalue weighted by Gasteiger charge is -2.27. The van der Waals surface area contributed by atoms with Crippen LogP contribution in [0.5, 0.6) is 0 Å². The molecule has 0 spiro atoms. The minimum Gasteiger partial charge on any atom is -0.383 e. The van der Waals surface area contributed by atoms with Gasteiger partial charge in [-0.3, -0.25) is 4.90 Å². The van der Waals surface area contributed by atoms with Crippen LogP contribution < -0.4 is 25.8 Å². The summed E-state index contributed by atoms with van der Waals surface area (Å²) in [5.41, 5.74) is 0.337. The first-order chi connectivity index (χ1) is 15.8. The second-order valence-electron chi connectivity index (χ2n) is 7.94. The highest BCUT2D eigenvalue weighted by molar-refractivity contribution is 7.92. The molecule has 2 fully saturated rings. The van der Waals surface area contributed by atoms with E-state index in [1.54, 1.807) is 0 Å². The zero-order valence-electron chi connectivity index (χ0n) is 17.9. The lowest BCUT2D eigenvalue weighted by atomic mass is 10.1. The summed E-state index contributed by atoms with van der Waals surface area (Å²) in [5.74, 6) is -0.0109. The van der Waals surface area contributed by atoms with Crippen molar-refractivity contribution >= 4 is 25.7 Å². The summed E-state index contributed by atoms with van der Waals surface area (Å²) < 4.78 is 54.2. The Hall–Kier alpha value is -2.21. The summed E-state index contributed by atoms with van der Waals surface area (Å²) in [5, 5.41) is 28.5. The zero-order chi connectivity index (χ0) is 23.5. The van der Waals surface area contributed by atoms with Crippen molar-refractivity contribution < 1.29 is 16.8 Å². The van der Waals surface area contributed by atoms with Crippen LogP contribution in [0.15, 0.2) is 21.9 Å². The molecule has 7 N–H and O–H groups in total. The van der Waals surface area contributed by atoms with E-state index in [1.165, 1.54) is 12.1 Å². The van der Waals surface area contributed by atoms with Gasteiger partial charge in [0.1, 0.15) is 9.79 Å². The highest BCUT2D eigenvalue weighted by Crippen LogP contribution is 2.36. The summed E-state index contributed by atoms with van der Waals surface area (Å²) in [7, 11) is -8.68. The molecule has 4 rings (SSSR count). The lowest BCUT2D eigenvalue weighted by Crippen LogP contribution is -2.45. The Bertz CT molecular complexity index is 1160. The predicted molar refractivity (Wildman–Crippen MR) is 120 cm³/mol. The van der Waals surface area contributed by atoms with Crippen LogP contribution in [-0.2, 0) is 20.0 Å². The average molecular weight is 501 g/mol. The normalized spacial score (nSPS) is 20.2. The minimum absolute atomic E-state index is 0.0109. The average Bonchev–Trinajstić information content (AvgIpc) is 3.47. The Kier molecular flexibility index (Phi) is 7.22. The number of nitrogens with one attached hydrogen (secondary N) is 5. The molecule has 0 radical (unpaired) electrons. The molecular weight excluding hydrogens is 472 g/mol. The largest absolute Gasteiger partial charge is 0.383 e. The number of hydrogen-bond donors (Lipinski definition) is 6. The topological polar surface area (TPSA) is 200 Å². The quantitative estimate of drug-likeness (QED) is 0.212. The van der Waals surface area contributed by atoms with Crippen LogP contribution >= 0.6 is 0 Å². The summed E-state index contributed by atoms with van der Waals surface area (Å²) in [6, 6.07) is 2.40. The number of primary sulfonamides is 1. The fourth-order valence-electron chi connectivity index (χ4n) is 4.03. The van der Waals surface area contributed by atoms with E-state index >= 15 is 0 Å². The number of nitrogens with two attached hydrogens (primary N) is 1. The smallest absolute Gasteiger partial charge is 0.242 e. The number of sulfonamides is 2. The molecule has 182 valence electrons. The number of nitrogens with zero attached hydrogens (tertiary/aromatic N) is 4. The van der Waals surface area contributed by atoms with Gasteiger partial charge in [0.05, 0.1) is 5.56 Å². The first kappa shape index (κ1) is 23.9. The van der Waals surface area contributed by atoms with Gasteiger partial charge in [0.2, 0.25) is 20.0 Å². The Labute approximate surface area is 192 Å². The molecule has 33 heavy (non-hydrogen) atoms. The molecule has 0 unspecified atom stereocenters. The number of hydrogen-bond acceptors (Lipinski definition) is 11. The molecule has 1 aromatic heterocycles. The molecule has 0 saturated carbocycles. The number of anilines is 1. The standard InChI is InChI=1S/C17H28N10O4S2/c18-32(28,29)16-14(33(30,31)24-12-3-4-20-11-12)2-1-13(15(16)17-22-25-26-23-17)21-7-10-27-8-5-19-6-9-27/h1-2,12,19-21,24H,3-11H2,(H2,18,28,29)(H,22,23,25,26)/t12-/m1/s1. The van der Waals surface area contributed by atoms with Crippen LogP contribution in [0.2, 0.25) is 0 Å². The fraction of sp³-hybridized carbons (Fsp3) is 0.588. The first-order valence-electron chi connectivity index (χ1n) is 10.6. The molecule has 2 aromatic rings. The second kappa shape index (κ2) is 9.96. The van der Waals surface area contributed by atoms with E-state index in [-0.39, 0.29) is 17.4 Å². The van der Waals surface area contributed by atoms with Crippen LogP contribution in [0.4, 0.5) is 5.69 Å². The van der Waals surface area contributed by atoms with E-state index in [4.69, 9.17) is 5.14 Å². The fourth-order valence-corrected chi connectivity index (χ4v) is 6.90. The molecule has 1 atom stereocenters. The Morgan fingerprint density at radius 2 is 1.91 bits per heavy atom. The van der Waals surface area contributed by atoms with E-state index in [1.807, 2.05) is 0 Å². The van der Waals surface area contributed by atoms with Crippen molar-refractivity contribution in [3.8, 4) is 11.4 Å². The van der Waals surface area contributed by atoms with Gasteiger partial charge in [-0.15, -0.1) is 5.10 Å². The molecule has 2 aliphatic heterocycles. The monoisotopic (exact) mass is 500 g/mol. The molecule has 14 nitrogen and oxygen atoms in total. The molecule has 3 heterocycles. The molecule has 1 aromatic carbocycles. The molecule has 0 bridgehead atoms. The van der Waals surface area contributed by atoms with Crippen molar-refractivity contribution in [2.45, 2.75) is 22.3 Å². The predicted octanol–water partition coefficient (Wildman–Crippen LogP) is -2.53. The number of H-pyrrole nitrogens is 1. The van der Waals surface area contributed by atoms with E-state index in [0.717, 1.165) is 32.7 Å². The van der Waals surface area contributed by atoms with E-state index < -0.39 is 29.8 Å². The van der Waals surface area contributed by atoms with Gasteiger partial charge in [-0.1, -0.05) is 0 Å². The lowest BCUT2D eigenvalue weighted by molar-refractivity contribution is 0.249.